The molecule has 8 nitrogen and oxygen atoms in total. The van der Waals surface area contributed by atoms with E-state index in [0.717, 1.165) is 0 Å². The Kier molecular flexibility index (Phi) is 31.7. The SMILES string of the molecule is CCCCCCCC[N+](CCCCCCCC)(CCCCCCCC)CCCCCCCC.O=P(O)(O)[O][W](=[O])(=[O])[O-]. The molecule has 0 saturated carbocycles. The van der Waals surface area contributed by atoms with E-state index in [4.69, 9.17) is 9.79 Å². The second-order valence-electron chi connectivity index (χ2n) is 12.3. The molecule has 0 aromatic rings. The summed E-state index contributed by atoms with van der Waals surface area (Å²) < 4.78 is 42.4. The van der Waals surface area contributed by atoms with Gasteiger partial charge in [0.05, 0.1) is 26.2 Å². The molecular formula is C32H70NO7PW. The van der Waals surface area contributed by atoms with E-state index >= 15 is 0 Å². The van der Waals surface area contributed by atoms with Crippen molar-refractivity contribution < 1.29 is 49.3 Å². The molecule has 42 heavy (non-hydrogen) atoms. The first-order valence-corrected chi connectivity index (χ1v) is 23.8. The minimum atomic E-state index is -6.44. The van der Waals surface area contributed by atoms with Crippen molar-refractivity contribution in [2.75, 3.05) is 26.2 Å². The van der Waals surface area contributed by atoms with Gasteiger partial charge < -0.3 is 4.48 Å². The number of hydrogen-bond acceptors (Lipinski definition) is 5. The summed E-state index contributed by atoms with van der Waals surface area (Å²) in [7, 11) is -5.13. The van der Waals surface area contributed by atoms with E-state index in [0.29, 0.717) is 0 Å². The van der Waals surface area contributed by atoms with Gasteiger partial charge in [0.25, 0.3) is 0 Å². The average molecular weight is 796 g/mol. The summed E-state index contributed by atoms with van der Waals surface area (Å²) in [4.78, 5) is 15.4. The van der Waals surface area contributed by atoms with Gasteiger partial charge in [0.1, 0.15) is 0 Å². The molecule has 10 heteroatoms. The van der Waals surface area contributed by atoms with E-state index < -0.39 is 24.6 Å². The fraction of sp³-hybridized carbons (Fsp3) is 1.00. The van der Waals surface area contributed by atoms with Crippen LogP contribution in [0.2, 0.25) is 0 Å². The van der Waals surface area contributed by atoms with Crippen LogP contribution < -0.4 is 3.76 Å². The standard InChI is InChI=1S/C32H68N.H3O4P.3O.W/c1-5-9-13-17-21-25-29-33(30-26-22-18-14-10-6-2,31-27-23-19-15-11-7-3)32-28-24-20-16-12-8-4;1-5(2,3)4;;;;/h5-32H2,1-4H3;(H3,1,2,3,4);;;;/q+1;;;;-1;+1/p-1. The number of hydrogen-bond donors (Lipinski definition) is 2. The van der Waals surface area contributed by atoms with Crippen LogP contribution in [0.5, 0.6) is 0 Å². The van der Waals surface area contributed by atoms with Crippen LogP contribution in [0.4, 0.5) is 0 Å². The Bertz CT molecular complexity index is 646. The fourth-order valence-electron chi connectivity index (χ4n) is 5.70. The first-order valence-electron chi connectivity index (χ1n) is 17.5. The van der Waals surface area contributed by atoms with Gasteiger partial charge >= 0.3 is 52.7 Å². The molecule has 0 fully saturated rings. The van der Waals surface area contributed by atoms with E-state index in [1.165, 1.54) is 185 Å². The van der Waals surface area contributed by atoms with Crippen molar-refractivity contribution in [1.29, 1.82) is 0 Å². The summed E-state index contributed by atoms with van der Waals surface area (Å²) >= 11 is -6.44. The number of phosphoric acid groups is 1. The quantitative estimate of drug-likeness (QED) is 0.0422. The predicted octanol–water partition coefficient (Wildman–Crippen LogP) is 9.38. The third kappa shape index (κ3) is 34.8. The second-order valence-corrected chi connectivity index (χ2v) is 18.0. The zero-order valence-corrected chi connectivity index (χ0v) is 31.9. The van der Waals surface area contributed by atoms with Crippen LogP contribution in [-0.2, 0) is 31.3 Å². The summed E-state index contributed by atoms with van der Waals surface area (Å²) in [5, 5.41) is 0. The molecule has 0 heterocycles. The zero-order valence-electron chi connectivity index (χ0n) is 28.0. The molecule has 0 spiro atoms. The Morgan fingerprint density at radius 3 is 0.881 bits per heavy atom. The van der Waals surface area contributed by atoms with Gasteiger partial charge in [-0.1, -0.05) is 130 Å². The van der Waals surface area contributed by atoms with E-state index in [1.54, 1.807) is 0 Å². The van der Waals surface area contributed by atoms with Crippen LogP contribution in [0.15, 0.2) is 0 Å². The van der Waals surface area contributed by atoms with Gasteiger partial charge in [-0.25, -0.2) is 0 Å². The van der Waals surface area contributed by atoms with Crippen molar-refractivity contribution in [1.82, 2.24) is 0 Å². The van der Waals surface area contributed by atoms with Gasteiger partial charge in [0.2, 0.25) is 0 Å². The van der Waals surface area contributed by atoms with Crippen molar-refractivity contribution >= 4 is 7.82 Å². The van der Waals surface area contributed by atoms with Crippen LogP contribution in [-0.4, -0.2) is 40.4 Å². The molecule has 0 aromatic carbocycles. The first kappa shape index (κ1) is 44.4. The summed E-state index contributed by atoms with van der Waals surface area (Å²) in [5.41, 5.74) is 0. The fourth-order valence-corrected chi connectivity index (χ4v) is 8.50. The molecule has 256 valence electrons. The topological polar surface area (TPSA) is 124 Å². The summed E-state index contributed by atoms with van der Waals surface area (Å²) in [6, 6.07) is 0. The average Bonchev–Trinajstić information content (AvgIpc) is 2.90. The van der Waals surface area contributed by atoms with E-state index in [-0.39, 0.29) is 0 Å². The first-order chi connectivity index (χ1) is 19.9. The number of unbranched alkanes of at least 4 members (excludes halogenated alkanes) is 20. The van der Waals surface area contributed by atoms with Crippen molar-refractivity contribution in [3.63, 3.8) is 0 Å². The third-order valence-corrected chi connectivity index (χ3v) is 12.6. The Labute approximate surface area is 264 Å². The van der Waals surface area contributed by atoms with Crippen molar-refractivity contribution in [3.8, 4) is 0 Å². The van der Waals surface area contributed by atoms with Crippen LogP contribution >= 0.6 is 7.82 Å². The van der Waals surface area contributed by atoms with Crippen molar-refractivity contribution in [3.05, 3.63) is 0 Å². The number of nitrogens with zero attached hydrogens (tertiary/aromatic N) is 1. The van der Waals surface area contributed by atoms with E-state index in [9.17, 15) is 15.1 Å². The van der Waals surface area contributed by atoms with Gasteiger partial charge in [-0.3, -0.25) is 0 Å². The maximum absolute atomic E-state index is 9.57. The van der Waals surface area contributed by atoms with E-state index in [1.807, 2.05) is 0 Å². The molecule has 0 amide bonds. The Morgan fingerprint density at radius 2 is 0.714 bits per heavy atom. The molecule has 0 aliphatic carbocycles. The van der Waals surface area contributed by atoms with Gasteiger partial charge in [0.15, 0.2) is 0 Å². The number of quaternary nitrogens is 1. The van der Waals surface area contributed by atoms with Gasteiger partial charge in [-0.15, -0.1) is 0 Å². The van der Waals surface area contributed by atoms with Crippen LogP contribution in [0.25, 0.3) is 0 Å². The Balaban J connectivity index is 0. The van der Waals surface area contributed by atoms with Crippen molar-refractivity contribution in [2.24, 2.45) is 0 Å². The molecule has 0 bridgehead atoms. The molecular weight excluding hydrogens is 725 g/mol. The molecule has 0 atom stereocenters. The van der Waals surface area contributed by atoms with Gasteiger partial charge in [-0.2, -0.15) is 0 Å². The third-order valence-electron chi connectivity index (χ3n) is 8.13. The van der Waals surface area contributed by atoms with E-state index in [2.05, 4.69) is 30.9 Å². The summed E-state index contributed by atoms with van der Waals surface area (Å²) in [5.74, 6) is 0. The second kappa shape index (κ2) is 30.0. The predicted molar refractivity (Wildman–Crippen MR) is 168 cm³/mol. The van der Waals surface area contributed by atoms with Crippen molar-refractivity contribution in [2.45, 2.75) is 182 Å². The van der Waals surface area contributed by atoms with Crippen LogP contribution in [0.3, 0.4) is 0 Å². The molecule has 0 radical (unpaired) electrons. The molecule has 0 aromatic heterocycles. The molecule has 0 aliphatic heterocycles. The van der Waals surface area contributed by atoms with Crippen LogP contribution in [0, 0.1) is 0 Å². The summed E-state index contributed by atoms with van der Waals surface area (Å²) in [6.45, 7) is 15.3. The Morgan fingerprint density at radius 1 is 0.500 bits per heavy atom. The minimum absolute atomic E-state index is 1.37. The van der Waals surface area contributed by atoms with Crippen LogP contribution in [0.1, 0.15) is 182 Å². The molecule has 2 N–H and O–H groups in total. The zero-order chi connectivity index (χ0) is 32.0. The Hall–Kier alpha value is 0.318. The molecule has 0 unspecified atom stereocenters. The molecule has 0 aliphatic rings. The van der Waals surface area contributed by atoms with Gasteiger partial charge in [-0.05, 0) is 51.4 Å². The molecule has 0 rings (SSSR count). The monoisotopic (exact) mass is 795 g/mol. The number of rotatable bonds is 30. The van der Waals surface area contributed by atoms with Gasteiger partial charge in [0, 0.05) is 0 Å². The summed E-state index contributed by atoms with van der Waals surface area (Å²) in [6.07, 6.45) is 34.8. The normalized spacial score (nSPS) is 12.4. The molecule has 0 saturated heterocycles. The maximum atomic E-state index is 9.57.